The number of halogens is 1. The fourth-order valence-electron chi connectivity index (χ4n) is 3.72. The van der Waals surface area contributed by atoms with Crippen LogP contribution in [0.5, 0.6) is 0 Å². The lowest BCUT2D eigenvalue weighted by molar-refractivity contribution is 0.0753. The number of methoxy groups -OCH3 is 1. The van der Waals surface area contributed by atoms with E-state index in [0.29, 0.717) is 16.6 Å². The van der Waals surface area contributed by atoms with Gasteiger partial charge in [-0.15, -0.1) is 0 Å². The molecular formula is C19H28ClN3O2. The standard InChI is InChI=1S/C19H28ClN3O2/c1-13(2)23-11-16(18(12-23)25-3)21-19(24)14-6-7-17(15(20)10-14)22-8-4-5-9-22/h6-7,10,13,16,18H,4-5,8-9,11-12H2,1-3H3,(H,21,24). The summed E-state index contributed by atoms with van der Waals surface area (Å²) in [5.41, 5.74) is 1.63. The largest absolute Gasteiger partial charge is 0.378 e. The number of rotatable bonds is 5. The molecular weight excluding hydrogens is 338 g/mol. The highest BCUT2D eigenvalue weighted by atomic mass is 35.5. The molecule has 0 spiro atoms. The molecule has 2 unspecified atom stereocenters. The van der Waals surface area contributed by atoms with Gasteiger partial charge in [-0.2, -0.15) is 0 Å². The number of nitrogens with zero attached hydrogens (tertiary/aromatic N) is 2. The van der Waals surface area contributed by atoms with Gasteiger partial charge >= 0.3 is 0 Å². The normalized spacial score (nSPS) is 24.3. The minimum atomic E-state index is -0.0903. The van der Waals surface area contributed by atoms with Gasteiger partial charge in [0.15, 0.2) is 0 Å². The highest BCUT2D eigenvalue weighted by Crippen LogP contribution is 2.29. The molecule has 0 aromatic heterocycles. The molecule has 2 aliphatic rings. The van der Waals surface area contributed by atoms with Gasteiger partial charge in [0.2, 0.25) is 0 Å². The Balaban J connectivity index is 1.67. The Morgan fingerprint density at radius 1 is 1.28 bits per heavy atom. The van der Waals surface area contributed by atoms with Gasteiger partial charge in [0.25, 0.3) is 5.91 Å². The number of carbonyl (C=O) groups excluding carboxylic acids is 1. The lowest BCUT2D eigenvalue weighted by Crippen LogP contribution is -2.43. The van der Waals surface area contributed by atoms with Crippen molar-refractivity contribution in [1.82, 2.24) is 10.2 Å². The van der Waals surface area contributed by atoms with Crippen LogP contribution in [-0.4, -0.2) is 62.3 Å². The minimum absolute atomic E-state index is 0.00284. The lowest BCUT2D eigenvalue weighted by atomic mass is 10.1. The van der Waals surface area contributed by atoms with Crippen LogP contribution in [0, 0.1) is 0 Å². The van der Waals surface area contributed by atoms with Crippen LogP contribution < -0.4 is 10.2 Å². The van der Waals surface area contributed by atoms with Crippen molar-refractivity contribution in [3.63, 3.8) is 0 Å². The number of carbonyl (C=O) groups is 1. The van der Waals surface area contributed by atoms with E-state index < -0.39 is 0 Å². The number of nitrogens with one attached hydrogen (secondary N) is 1. The first kappa shape index (κ1) is 18.5. The van der Waals surface area contributed by atoms with E-state index in [2.05, 4.69) is 29.0 Å². The molecule has 1 aromatic rings. The highest BCUT2D eigenvalue weighted by molar-refractivity contribution is 6.33. The van der Waals surface area contributed by atoms with Gasteiger partial charge in [-0.25, -0.2) is 0 Å². The number of hydrogen-bond donors (Lipinski definition) is 1. The summed E-state index contributed by atoms with van der Waals surface area (Å²) >= 11 is 6.44. The van der Waals surface area contributed by atoms with E-state index in [-0.39, 0.29) is 18.1 Å². The topological polar surface area (TPSA) is 44.8 Å². The van der Waals surface area contributed by atoms with Crippen molar-refractivity contribution in [3.8, 4) is 0 Å². The van der Waals surface area contributed by atoms with E-state index in [1.807, 2.05) is 12.1 Å². The van der Waals surface area contributed by atoms with Gasteiger partial charge in [0.1, 0.15) is 0 Å². The third-order valence-electron chi connectivity index (χ3n) is 5.30. The van der Waals surface area contributed by atoms with Crippen LogP contribution in [0.1, 0.15) is 37.0 Å². The van der Waals surface area contributed by atoms with Gasteiger partial charge in [-0.3, -0.25) is 9.69 Å². The molecule has 5 nitrogen and oxygen atoms in total. The van der Waals surface area contributed by atoms with Crippen molar-refractivity contribution in [2.45, 2.75) is 44.9 Å². The number of likely N-dealkylation sites (tertiary alicyclic amines) is 1. The SMILES string of the molecule is COC1CN(C(C)C)CC1NC(=O)c1ccc(N2CCCC2)c(Cl)c1. The summed E-state index contributed by atoms with van der Waals surface area (Å²) in [6.45, 7) is 8.04. The average Bonchev–Trinajstić information content (AvgIpc) is 3.24. The van der Waals surface area contributed by atoms with Crippen molar-refractivity contribution in [2.24, 2.45) is 0 Å². The molecule has 25 heavy (non-hydrogen) atoms. The maximum Gasteiger partial charge on any atom is 0.251 e. The summed E-state index contributed by atoms with van der Waals surface area (Å²) in [6.07, 6.45) is 2.42. The molecule has 3 rings (SSSR count). The van der Waals surface area contributed by atoms with Crippen LogP contribution >= 0.6 is 11.6 Å². The average molecular weight is 366 g/mol. The smallest absolute Gasteiger partial charge is 0.251 e. The quantitative estimate of drug-likeness (QED) is 0.871. The molecule has 2 heterocycles. The van der Waals surface area contributed by atoms with Crippen LogP contribution in [-0.2, 0) is 4.74 Å². The monoisotopic (exact) mass is 365 g/mol. The predicted molar refractivity (Wildman–Crippen MR) is 102 cm³/mol. The van der Waals surface area contributed by atoms with E-state index in [1.54, 1.807) is 13.2 Å². The summed E-state index contributed by atoms with van der Waals surface area (Å²) in [4.78, 5) is 17.3. The number of anilines is 1. The zero-order valence-electron chi connectivity index (χ0n) is 15.3. The Labute approximate surface area is 155 Å². The van der Waals surface area contributed by atoms with Gasteiger partial charge in [-0.1, -0.05) is 11.6 Å². The molecule has 2 fully saturated rings. The van der Waals surface area contributed by atoms with Gasteiger partial charge < -0.3 is 15.0 Å². The molecule has 6 heteroatoms. The van der Waals surface area contributed by atoms with Crippen molar-refractivity contribution in [1.29, 1.82) is 0 Å². The Kier molecular flexibility index (Phi) is 5.87. The van der Waals surface area contributed by atoms with Crippen LogP contribution in [0.2, 0.25) is 5.02 Å². The van der Waals surface area contributed by atoms with Crippen LogP contribution in [0.3, 0.4) is 0 Å². The highest BCUT2D eigenvalue weighted by Gasteiger charge is 2.35. The Bertz CT molecular complexity index is 617. The van der Waals surface area contributed by atoms with Crippen molar-refractivity contribution < 1.29 is 9.53 Å². The van der Waals surface area contributed by atoms with Gasteiger partial charge in [0, 0.05) is 44.9 Å². The lowest BCUT2D eigenvalue weighted by Gasteiger charge is -2.21. The first-order chi connectivity index (χ1) is 12.0. The summed E-state index contributed by atoms with van der Waals surface area (Å²) in [7, 11) is 1.70. The van der Waals surface area contributed by atoms with Crippen molar-refractivity contribution in [3.05, 3.63) is 28.8 Å². The molecule has 0 bridgehead atoms. The molecule has 2 atom stereocenters. The van der Waals surface area contributed by atoms with Gasteiger partial charge in [0.05, 0.1) is 22.9 Å². The second-order valence-electron chi connectivity index (χ2n) is 7.26. The number of ether oxygens (including phenoxy) is 1. The molecule has 2 saturated heterocycles. The first-order valence-corrected chi connectivity index (χ1v) is 9.49. The predicted octanol–water partition coefficient (Wildman–Crippen LogP) is 2.78. The Hall–Kier alpha value is -1.30. The maximum absolute atomic E-state index is 12.7. The second-order valence-corrected chi connectivity index (χ2v) is 7.67. The second kappa shape index (κ2) is 7.94. The Morgan fingerprint density at radius 2 is 2.00 bits per heavy atom. The number of amides is 1. The Morgan fingerprint density at radius 3 is 2.60 bits per heavy atom. The van der Waals surface area contributed by atoms with Crippen molar-refractivity contribution >= 4 is 23.2 Å². The maximum atomic E-state index is 12.7. The van der Waals surface area contributed by atoms with Crippen LogP contribution in [0.25, 0.3) is 0 Å². The van der Waals surface area contributed by atoms with E-state index >= 15 is 0 Å². The zero-order valence-corrected chi connectivity index (χ0v) is 16.1. The fraction of sp³-hybridized carbons (Fsp3) is 0.632. The summed E-state index contributed by atoms with van der Waals surface area (Å²) in [5, 5.41) is 3.77. The first-order valence-electron chi connectivity index (χ1n) is 9.12. The molecule has 1 N–H and O–H groups in total. The molecule has 0 saturated carbocycles. The third kappa shape index (κ3) is 4.10. The molecule has 1 amide bonds. The summed E-state index contributed by atoms with van der Waals surface area (Å²) in [5.74, 6) is -0.0903. The van der Waals surface area contributed by atoms with Gasteiger partial charge in [-0.05, 0) is 44.9 Å². The third-order valence-corrected chi connectivity index (χ3v) is 5.60. The number of hydrogen-bond acceptors (Lipinski definition) is 4. The summed E-state index contributed by atoms with van der Waals surface area (Å²) in [6, 6.07) is 6.05. The van der Waals surface area contributed by atoms with E-state index in [9.17, 15) is 4.79 Å². The molecule has 1 aromatic carbocycles. The van der Waals surface area contributed by atoms with E-state index in [0.717, 1.165) is 31.9 Å². The van der Waals surface area contributed by atoms with Crippen LogP contribution in [0.4, 0.5) is 5.69 Å². The molecule has 0 radical (unpaired) electrons. The molecule has 2 aliphatic heterocycles. The van der Waals surface area contributed by atoms with Crippen molar-refractivity contribution in [2.75, 3.05) is 38.2 Å². The fourth-order valence-corrected chi connectivity index (χ4v) is 4.02. The van der Waals surface area contributed by atoms with E-state index in [1.165, 1.54) is 12.8 Å². The zero-order chi connectivity index (χ0) is 18.0. The number of benzene rings is 1. The molecule has 138 valence electrons. The minimum Gasteiger partial charge on any atom is -0.378 e. The van der Waals surface area contributed by atoms with E-state index in [4.69, 9.17) is 16.3 Å². The van der Waals surface area contributed by atoms with Crippen LogP contribution in [0.15, 0.2) is 18.2 Å². The summed E-state index contributed by atoms with van der Waals surface area (Å²) < 4.78 is 5.56. The molecule has 0 aliphatic carbocycles.